The number of hydrogen-bond donors (Lipinski definition) is 0. The predicted molar refractivity (Wildman–Crippen MR) is 93.7 cm³/mol. The standard InChI is InChI=1S/C18H17N3O2S/c1-13-5-3-6-14(9-13)10-16-17(22)21(7-4-8-23-2)18(24-16)15(11-19)12-20/h3,5-6,9-10H,4,7-8H2,1-2H3/b16-10+. The molecule has 0 saturated carbocycles. The second-order valence-corrected chi connectivity index (χ2v) is 6.26. The largest absolute Gasteiger partial charge is 0.385 e. The van der Waals surface area contributed by atoms with Crippen molar-refractivity contribution in [1.29, 1.82) is 10.5 Å². The van der Waals surface area contributed by atoms with E-state index in [1.165, 1.54) is 15.9 Å². The van der Waals surface area contributed by atoms with Gasteiger partial charge in [-0.05, 0) is 25.0 Å². The number of rotatable bonds is 5. The quantitative estimate of drug-likeness (QED) is 0.769. The first kappa shape index (κ1) is 17.7. The molecule has 2 rings (SSSR count). The summed E-state index contributed by atoms with van der Waals surface area (Å²) in [5, 5.41) is 18.3. The van der Waals surface area contributed by atoms with Gasteiger partial charge in [0.05, 0.1) is 4.53 Å². The van der Waals surface area contributed by atoms with Crippen molar-refractivity contribution in [3.63, 3.8) is 0 Å². The first-order valence-corrected chi connectivity index (χ1v) is 8.24. The van der Waals surface area contributed by atoms with E-state index in [0.717, 1.165) is 11.1 Å². The highest BCUT2D eigenvalue weighted by molar-refractivity contribution is 7.07. The Morgan fingerprint density at radius 1 is 1.38 bits per heavy atom. The molecule has 0 aliphatic heterocycles. The summed E-state index contributed by atoms with van der Waals surface area (Å²) < 4.78 is 7.42. The fourth-order valence-electron chi connectivity index (χ4n) is 2.31. The monoisotopic (exact) mass is 339 g/mol. The number of methoxy groups -OCH3 is 1. The average Bonchev–Trinajstić information content (AvgIpc) is 2.86. The lowest BCUT2D eigenvalue weighted by Gasteiger charge is -2.01. The summed E-state index contributed by atoms with van der Waals surface area (Å²) in [4.78, 5) is 12.7. The molecule has 0 bridgehead atoms. The van der Waals surface area contributed by atoms with Crippen molar-refractivity contribution in [3.8, 4) is 12.1 Å². The first-order chi connectivity index (χ1) is 11.6. The van der Waals surface area contributed by atoms with Crippen LogP contribution in [0.15, 0.2) is 29.1 Å². The molecule has 1 heterocycles. The topological polar surface area (TPSA) is 78.8 Å². The maximum absolute atomic E-state index is 12.7. The lowest BCUT2D eigenvalue weighted by atomic mass is 10.1. The van der Waals surface area contributed by atoms with Crippen LogP contribution in [0.1, 0.15) is 17.5 Å². The highest BCUT2D eigenvalue weighted by atomic mass is 32.1. The number of thiazole rings is 1. The van der Waals surface area contributed by atoms with Gasteiger partial charge in [0.25, 0.3) is 5.56 Å². The molecule has 1 aromatic carbocycles. The van der Waals surface area contributed by atoms with Gasteiger partial charge in [-0.15, -0.1) is 11.3 Å². The van der Waals surface area contributed by atoms with Crippen molar-refractivity contribution < 1.29 is 4.74 Å². The van der Waals surface area contributed by atoms with Crippen LogP contribution < -0.4 is 14.8 Å². The van der Waals surface area contributed by atoms with Crippen molar-refractivity contribution in [1.82, 2.24) is 4.57 Å². The molecular weight excluding hydrogens is 322 g/mol. The van der Waals surface area contributed by atoms with Crippen molar-refractivity contribution in [2.75, 3.05) is 13.7 Å². The van der Waals surface area contributed by atoms with Crippen LogP contribution >= 0.6 is 11.3 Å². The van der Waals surface area contributed by atoms with E-state index in [1.807, 2.05) is 43.3 Å². The van der Waals surface area contributed by atoms with Gasteiger partial charge in [0.1, 0.15) is 16.8 Å². The molecule has 0 unspecified atom stereocenters. The van der Waals surface area contributed by atoms with E-state index in [1.54, 1.807) is 13.2 Å². The lowest BCUT2D eigenvalue weighted by Crippen LogP contribution is -2.32. The number of aromatic nitrogens is 1. The number of aryl methyl sites for hydroxylation is 1. The molecule has 1 aromatic heterocycles. The average molecular weight is 339 g/mol. The van der Waals surface area contributed by atoms with Crippen molar-refractivity contribution in [2.24, 2.45) is 0 Å². The van der Waals surface area contributed by atoms with E-state index in [4.69, 9.17) is 15.3 Å². The highest BCUT2D eigenvalue weighted by Gasteiger charge is 2.09. The summed E-state index contributed by atoms with van der Waals surface area (Å²) in [6, 6.07) is 11.6. The second-order valence-electron chi connectivity index (χ2n) is 5.23. The Balaban J connectivity index is 2.66. The van der Waals surface area contributed by atoms with E-state index in [9.17, 15) is 4.79 Å². The molecule has 122 valence electrons. The molecule has 0 atom stereocenters. The fourth-order valence-corrected chi connectivity index (χ4v) is 3.39. The molecule has 0 amide bonds. The maximum Gasteiger partial charge on any atom is 0.269 e. The third kappa shape index (κ3) is 3.99. The zero-order valence-electron chi connectivity index (χ0n) is 13.6. The molecule has 0 aliphatic carbocycles. The van der Waals surface area contributed by atoms with E-state index in [-0.39, 0.29) is 11.1 Å². The molecule has 0 spiro atoms. The van der Waals surface area contributed by atoms with Crippen LogP contribution in [0.25, 0.3) is 11.6 Å². The van der Waals surface area contributed by atoms with Gasteiger partial charge < -0.3 is 4.74 Å². The normalized spacial score (nSPS) is 11.1. The number of nitriles is 2. The van der Waals surface area contributed by atoms with Gasteiger partial charge in [0.15, 0.2) is 5.57 Å². The third-order valence-electron chi connectivity index (χ3n) is 3.42. The summed E-state index contributed by atoms with van der Waals surface area (Å²) in [6.45, 7) is 2.90. The number of ether oxygens (including phenoxy) is 1. The Morgan fingerprint density at radius 2 is 2.12 bits per heavy atom. The van der Waals surface area contributed by atoms with Crippen LogP contribution in [0, 0.1) is 29.6 Å². The Bertz CT molecular complexity index is 971. The maximum atomic E-state index is 12.7. The van der Waals surface area contributed by atoms with E-state index < -0.39 is 0 Å². The number of benzene rings is 1. The minimum atomic E-state index is -0.185. The Hall–Kier alpha value is -2.67. The molecule has 0 radical (unpaired) electrons. The minimum absolute atomic E-state index is 0.0431. The summed E-state index contributed by atoms with van der Waals surface area (Å²) in [6.07, 6.45) is 2.43. The molecule has 6 heteroatoms. The zero-order valence-corrected chi connectivity index (χ0v) is 14.4. The summed E-state index contributed by atoms with van der Waals surface area (Å²) in [5.41, 5.74) is 1.79. The predicted octanol–water partition coefficient (Wildman–Crippen LogP) is 1.28. The van der Waals surface area contributed by atoms with Crippen LogP contribution in [0.3, 0.4) is 0 Å². The smallest absolute Gasteiger partial charge is 0.269 e. The summed E-state index contributed by atoms with van der Waals surface area (Å²) >= 11 is 1.17. The number of nitrogens with zero attached hydrogens (tertiary/aromatic N) is 3. The van der Waals surface area contributed by atoms with Crippen LogP contribution in [-0.4, -0.2) is 18.3 Å². The van der Waals surface area contributed by atoms with Gasteiger partial charge in [-0.1, -0.05) is 29.8 Å². The third-order valence-corrected chi connectivity index (χ3v) is 4.55. The Morgan fingerprint density at radius 3 is 2.75 bits per heavy atom. The fraction of sp³-hybridized carbons (Fsp3) is 0.278. The summed E-state index contributed by atoms with van der Waals surface area (Å²) in [7, 11) is 1.59. The molecule has 2 aromatic rings. The molecular formula is C18H17N3O2S. The Labute approximate surface area is 144 Å². The molecule has 0 aliphatic rings. The molecule has 5 nitrogen and oxygen atoms in total. The minimum Gasteiger partial charge on any atom is -0.385 e. The van der Waals surface area contributed by atoms with Crippen molar-refractivity contribution >= 4 is 23.0 Å². The Kier molecular flexibility index (Phi) is 6.08. The van der Waals surface area contributed by atoms with E-state index >= 15 is 0 Å². The molecule has 0 N–H and O–H groups in total. The van der Waals surface area contributed by atoms with Crippen LogP contribution in [0.2, 0.25) is 0 Å². The van der Waals surface area contributed by atoms with Gasteiger partial charge in [0, 0.05) is 20.3 Å². The van der Waals surface area contributed by atoms with Gasteiger partial charge in [0.2, 0.25) is 0 Å². The second kappa shape index (κ2) is 8.26. The molecule has 0 saturated heterocycles. The number of hydrogen-bond acceptors (Lipinski definition) is 5. The summed E-state index contributed by atoms with van der Waals surface area (Å²) in [5.74, 6) is 0. The highest BCUT2D eigenvalue weighted by Crippen LogP contribution is 2.04. The SMILES string of the molecule is COCCCn1c(=C(C#N)C#N)s/c(=C/c2cccc(C)c2)c1=O. The van der Waals surface area contributed by atoms with Crippen molar-refractivity contribution in [3.05, 3.63) is 54.9 Å². The van der Waals surface area contributed by atoms with Crippen LogP contribution in [0.4, 0.5) is 0 Å². The van der Waals surface area contributed by atoms with Crippen LogP contribution in [-0.2, 0) is 11.3 Å². The molecule has 24 heavy (non-hydrogen) atoms. The van der Waals surface area contributed by atoms with Crippen LogP contribution in [0.5, 0.6) is 0 Å². The molecule has 0 fully saturated rings. The van der Waals surface area contributed by atoms with E-state index in [2.05, 4.69) is 0 Å². The lowest BCUT2D eigenvalue weighted by molar-refractivity contribution is 0.190. The zero-order chi connectivity index (χ0) is 17.5. The van der Waals surface area contributed by atoms with Gasteiger partial charge in [-0.2, -0.15) is 10.5 Å². The van der Waals surface area contributed by atoms with Crippen molar-refractivity contribution in [2.45, 2.75) is 19.9 Å². The van der Waals surface area contributed by atoms with Gasteiger partial charge >= 0.3 is 0 Å². The van der Waals surface area contributed by atoms with Gasteiger partial charge in [-0.3, -0.25) is 9.36 Å². The first-order valence-electron chi connectivity index (χ1n) is 7.42. The van der Waals surface area contributed by atoms with Gasteiger partial charge in [-0.25, -0.2) is 0 Å². The van der Waals surface area contributed by atoms with E-state index in [0.29, 0.717) is 28.8 Å².